The molecule has 2 aromatic rings. The minimum Gasteiger partial charge on any atom is -0.472 e. The first-order valence-corrected chi connectivity index (χ1v) is 12.2. The highest BCUT2D eigenvalue weighted by molar-refractivity contribution is 5.77. The standard InChI is InChI=1S/C24H32F3N5O3/c1-16-30-31-23(35-16)14-21(33)28-18-4-8-24(27,9-5-18)10-13-32-11-6-17-2-3-22(34-15-20(25)26)29-19(17)7-12-32/h2-3,18,20H,4-15H2,1H3,(H,28,33). The fourth-order valence-corrected chi connectivity index (χ4v) is 4.77. The van der Waals surface area contributed by atoms with Gasteiger partial charge in [-0.15, -0.1) is 10.2 Å². The summed E-state index contributed by atoms with van der Waals surface area (Å²) >= 11 is 0. The first-order valence-electron chi connectivity index (χ1n) is 12.2. The van der Waals surface area contributed by atoms with Crippen LogP contribution in [0.1, 0.15) is 55.1 Å². The van der Waals surface area contributed by atoms with Crippen LogP contribution in [-0.4, -0.2) is 70.4 Å². The van der Waals surface area contributed by atoms with Crippen LogP contribution in [0.3, 0.4) is 0 Å². The largest absolute Gasteiger partial charge is 0.472 e. The van der Waals surface area contributed by atoms with Crippen LogP contribution in [0.15, 0.2) is 16.5 Å². The van der Waals surface area contributed by atoms with E-state index in [1.807, 2.05) is 6.07 Å². The first kappa shape index (κ1) is 25.4. The van der Waals surface area contributed by atoms with Crippen LogP contribution in [-0.2, 0) is 24.1 Å². The van der Waals surface area contributed by atoms with Gasteiger partial charge in [0, 0.05) is 50.8 Å². The van der Waals surface area contributed by atoms with Crippen molar-refractivity contribution in [1.82, 2.24) is 25.4 Å². The Bertz CT molecular complexity index is 995. The number of fused-ring (bicyclic) bond motifs is 1. The van der Waals surface area contributed by atoms with Gasteiger partial charge in [-0.2, -0.15) is 0 Å². The molecule has 8 nitrogen and oxygen atoms in total. The molecular formula is C24H32F3N5O3. The molecule has 0 aromatic carbocycles. The van der Waals surface area contributed by atoms with E-state index in [2.05, 4.69) is 25.4 Å². The summed E-state index contributed by atoms with van der Waals surface area (Å²) in [6.07, 6.45) is 1.43. The van der Waals surface area contributed by atoms with E-state index in [0.717, 1.165) is 30.8 Å². The van der Waals surface area contributed by atoms with Crippen molar-refractivity contribution in [1.29, 1.82) is 0 Å². The van der Waals surface area contributed by atoms with Gasteiger partial charge in [-0.1, -0.05) is 6.07 Å². The lowest BCUT2D eigenvalue weighted by Gasteiger charge is -2.35. The van der Waals surface area contributed by atoms with Gasteiger partial charge in [0.1, 0.15) is 12.1 Å². The van der Waals surface area contributed by atoms with Crippen molar-refractivity contribution in [3.63, 3.8) is 0 Å². The molecule has 1 amide bonds. The number of carbonyl (C=O) groups excluding carboxylic acids is 1. The maximum absolute atomic E-state index is 15.5. The van der Waals surface area contributed by atoms with E-state index in [9.17, 15) is 13.6 Å². The molecule has 1 fully saturated rings. The minimum absolute atomic E-state index is 0.0319. The molecule has 0 unspecified atom stereocenters. The first-order chi connectivity index (χ1) is 16.8. The smallest absolute Gasteiger partial charge is 0.272 e. The van der Waals surface area contributed by atoms with Crippen LogP contribution in [0, 0.1) is 6.92 Å². The Morgan fingerprint density at radius 2 is 2.03 bits per heavy atom. The molecule has 1 aliphatic carbocycles. The third kappa shape index (κ3) is 7.39. The maximum Gasteiger partial charge on any atom is 0.272 e. The van der Waals surface area contributed by atoms with E-state index in [0.29, 0.717) is 51.0 Å². The predicted octanol–water partition coefficient (Wildman–Crippen LogP) is 3.22. The van der Waals surface area contributed by atoms with Crippen molar-refractivity contribution in [3.8, 4) is 5.88 Å². The van der Waals surface area contributed by atoms with Crippen LogP contribution in [0.2, 0.25) is 0 Å². The van der Waals surface area contributed by atoms with Crippen molar-refractivity contribution in [2.45, 2.75) is 76.4 Å². The molecule has 2 aromatic heterocycles. The number of pyridine rings is 1. The summed E-state index contributed by atoms with van der Waals surface area (Å²) in [7, 11) is 0. The third-order valence-corrected chi connectivity index (χ3v) is 6.76. The molecule has 0 spiro atoms. The summed E-state index contributed by atoms with van der Waals surface area (Å²) < 4.78 is 50.5. The molecule has 4 rings (SSSR count). The zero-order valence-corrected chi connectivity index (χ0v) is 19.9. The topological polar surface area (TPSA) is 93.4 Å². The van der Waals surface area contributed by atoms with Gasteiger partial charge in [0.2, 0.25) is 23.6 Å². The lowest BCUT2D eigenvalue weighted by atomic mass is 9.81. The summed E-state index contributed by atoms with van der Waals surface area (Å²) in [6.45, 7) is 3.19. The number of nitrogens with zero attached hydrogens (tertiary/aromatic N) is 4. The van der Waals surface area contributed by atoms with Crippen LogP contribution in [0.4, 0.5) is 13.2 Å². The van der Waals surface area contributed by atoms with Gasteiger partial charge in [-0.3, -0.25) is 4.79 Å². The fraction of sp³-hybridized carbons (Fsp3) is 0.667. The molecule has 1 saturated carbocycles. The van der Waals surface area contributed by atoms with E-state index in [1.165, 1.54) is 0 Å². The van der Waals surface area contributed by atoms with Gasteiger partial charge in [-0.25, -0.2) is 18.2 Å². The third-order valence-electron chi connectivity index (χ3n) is 6.76. The average molecular weight is 496 g/mol. The number of carbonyl (C=O) groups is 1. The number of nitrogens with one attached hydrogen (secondary N) is 1. The monoisotopic (exact) mass is 495 g/mol. The quantitative estimate of drug-likeness (QED) is 0.571. The number of amides is 1. The summed E-state index contributed by atoms with van der Waals surface area (Å²) in [5.74, 6) is 0.727. The second-order valence-corrected chi connectivity index (χ2v) is 9.43. The number of halogens is 3. The molecule has 0 atom stereocenters. The highest BCUT2D eigenvalue weighted by atomic mass is 19.3. The van der Waals surface area contributed by atoms with E-state index in [4.69, 9.17) is 9.15 Å². The van der Waals surface area contributed by atoms with Gasteiger partial charge in [0.15, 0.2) is 6.61 Å². The summed E-state index contributed by atoms with van der Waals surface area (Å²) in [4.78, 5) is 18.8. The molecule has 2 aliphatic rings. The van der Waals surface area contributed by atoms with Crippen molar-refractivity contribution >= 4 is 5.91 Å². The van der Waals surface area contributed by atoms with E-state index >= 15 is 4.39 Å². The Hall–Kier alpha value is -2.69. The molecule has 1 N–H and O–H groups in total. The SMILES string of the molecule is Cc1nnc(CC(=O)NC2CCC(F)(CCN3CCc4ccc(OCC(F)F)nc4CC3)CC2)o1. The van der Waals surface area contributed by atoms with E-state index in [1.54, 1.807) is 13.0 Å². The number of hydrogen-bond donors (Lipinski definition) is 1. The van der Waals surface area contributed by atoms with Crippen LogP contribution >= 0.6 is 0 Å². The lowest BCUT2D eigenvalue weighted by molar-refractivity contribution is -0.122. The lowest BCUT2D eigenvalue weighted by Crippen LogP contribution is -2.43. The van der Waals surface area contributed by atoms with Gasteiger partial charge in [-0.05, 0) is 44.1 Å². The summed E-state index contributed by atoms with van der Waals surface area (Å²) in [5, 5.41) is 10.5. The van der Waals surface area contributed by atoms with Crippen molar-refractivity contribution in [3.05, 3.63) is 35.2 Å². The molecule has 3 heterocycles. The van der Waals surface area contributed by atoms with Crippen LogP contribution in [0.25, 0.3) is 0 Å². The van der Waals surface area contributed by atoms with Crippen LogP contribution in [0.5, 0.6) is 5.88 Å². The van der Waals surface area contributed by atoms with E-state index < -0.39 is 18.7 Å². The molecule has 0 saturated heterocycles. The van der Waals surface area contributed by atoms with Crippen molar-refractivity contribution in [2.24, 2.45) is 0 Å². The molecule has 192 valence electrons. The van der Waals surface area contributed by atoms with E-state index in [-0.39, 0.29) is 30.1 Å². The molecular weight excluding hydrogens is 463 g/mol. The highest BCUT2D eigenvalue weighted by Gasteiger charge is 2.36. The molecule has 0 radical (unpaired) electrons. The Morgan fingerprint density at radius 1 is 1.26 bits per heavy atom. The Kier molecular flexibility index (Phi) is 8.25. The Morgan fingerprint density at radius 3 is 2.74 bits per heavy atom. The minimum atomic E-state index is -2.54. The summed E-state index contributed by atoms with van der Waals surface area (Å²) in [5.41, 5.74) is 0.707. The number of rotatable bonds is 9. The summed E-state index contributed by atoms with van der Waals surface area (Å²) in [6, 6.07) is 3.47. The van der Waals surface area contributed by atoms with Gasteiger partial charge in [0.25, 0.3) is 6.43 Å². The zero-order chi connectivity index (χ0) is 24.8. The predicted molar refractivity (Wildman–Crippen MR) is 121 cm³/mol. The average Bonchev–Trinajstić information content (AvgIpc) is 3.12. The number of alkyl halides is 3. The molecule has 35 heavy (non-hydrogen) atoms. The number of aromatic nitrogens is 3. The van der Waals surface area contributed by atoms with Gasteiger partial charge in [0.05, 0.1) is 0 Å². The molecule has 0 bridgehead atoms. The van der Waals surface area contributed by atoms with Gasteiger partial charge < -0.3 is 19.4 Å². The van der Waals surface area contributed by atoms with Crippen LogP contribution < -0.4 is 10.1 Å². The van der Waals surface area contributed by atoms with Gasteiger partial charge >= 0.3 is 0 Å². The molecule has 1 aliphatic heterocycles. The Balaban J connectivity index is 1.19. The zero-order valence-electron chi connectivity index (χ0n) is 19.9. The van der Waals surface area contributed by atoms with Crippen molar-refractivity contribution in [2.75, 3.05) is 26.2 Å². The maximum atomic E-state index is 15.5. The number of ether oxygens (including phenoxy) is 1. The Labute approximate surface area is 202 Å². The normalized spacial score (nSPS) is 23.1. The van der Waals surface area contributed by atoms with Crippen molar-refractivity contribution < 1.29 is 27.1 Å². The number of aryl methyl sites for hydroxylation is 1. The second kappa shape index (κ2) is 11.4. The molecule has 11 heteroatoms. The fourth-order valence-electron chi connectivity index (χ4n) is 4.77. The second-order valence-electron chi connectivity index (χ2n) is 9.43. The highest BCUT2D eigenvalue weighted by Crippen LogP contribution is 2.35. The number of hydrogen-bond acceptors (Lipinski definition) is 7.